The highest BCUT2D eigenvalue weighted by Crippen LogP contribution is 2.46. The minimum Gasteiger partial charge on any atom is -0.506 e. The molecular weight excluding hydrogens is 350 g/mol. The lowest BCUT2D eigenvalue weighted by Gasteiger charge is -2.27. The van der Waals surface area contributed by atoms with Crippen LogP contribution in [0.3, 0.4) is 0 Å². The fourth-order valence-corrected chi connectivity index (χ4v) is 4.22. The van der Waals surface area contributed by atoms with Gasteiger partial charge in [-0.15, -0.1) is 11.3 Å². The predicted octanol–water partition coefficient (Wildman–Crippen LogP) is 4.28. The van der Waals surface area contributed by atoms with E-state index in [1.54, 1.807) is 18.2 Å². The summed E-state index contributed by atoms with van der Waals surface area (Å²) in [6, 6.07) is 7.61. The monoisotopic (exact) mass is 371 g/mol. The molecule has 1 aromatic heterocycles. The molecule has 0 spiro atoms. The van der Waals surface area contributed by atoms with Crippen LogP contribution >= 0.6 is 11.3 Å². The first-order valence-electron chi connectivity index (χ1n) is 8.44. The van der Waals surface area contributed by atoms with Crippen LogP contribution in [0.1, 0.15) is 36.8 Å². The Bertz CT molecular complexity index is 897. The van der Waals surface area contributed by atoms with Crippen LogP contribution in [0.5, 0.6) is 5.75 Å². The minimum atomic E-state index is -0.734. The van der Waals surface area contributed by atoms with Crippen LogP contribution in [0.25, 0.3) is 0 Å². The van der Waals surface area contributed by atoms with E-state index < -0.39 is 17.7 Å². The fourth-order valence-electron chi connectivity index (χ4n) is 3.20. The summed E-state index contributed by atoms with van der Waals surface area (Å²) in [6.45, 7) is 5.73. The first-order chi connectivity index (χ1) is 12.3. The average Bonchev–Trinajstić information content (AvgIpc) is 3.09. The molecule has 0 bridgehead atoms. The lowest BCUT2D eigenvalue weighted by molar-refractivity contribution is -0.118. The first-order valence-corrected chi connectivity index (χ1v) is 9.32. The van der Waals surface area contributed by atoms with Crippen LogP contribution in [0.2, 0.25) is 0 Å². The molecular formula is C20H21NO4S. The van der Waals surface area contributed by atoms with Crippen LogP contribution in [-0.2, 0) is 9.59 Å². The molecule has 1 unspecified atom stereocenters. The van der Waals surface area contributed by atoms with E-state index >= 15 is 0 Å². The third-order valence-corrected chi connectivity index (χ3v) is 5.46. The third kappa shape index (κ3) is 3.01. The molecule has 0 aliphatic carbocycles. The van der Waals surface area contributed by atoms with Gasteiger partial charge in [0.15, 0.2) is 11.5 Å². The van der Waals surface area contributed by atoms with Crippen LogP contribution in [0.4, 0.5) is 5.69 Å². The number of carbonyl (C=O) groups excluding carboxylic acids is 2. The number of Topliss-reactive ketones (excluding diaryl/α,β-unsaturated/α-hetero) is 1. The van der Waals surface area contributed by atoms with E-state index in [0.29, 0.717) is 0 Å². The number of thiophene rings is 1. The summed E-state index contributed by atoms with van der Waals surface area (Å²) in [5, 5.41) is 22.7. The lowest BCUT2D eigenvalue weighted by Crippen LogP contribution is -2.31. The Morgan fingerprint density at radius 2 is 1.92 bits per heavy atom. The molecule has 1 amide bonds. The van der Waals surface area contributed by atoms with E-state index in [1.165, 1.54) is 22.3 Å². The molecule has 2 heterocycles. The van der Waals surface area contributed by atoms with E-state index in [1.807, 2.05) is 32.2 Å². The van der Waals surface area contributed by atoms with Gasteiger partial charge in [-0.1, -0.05) is 26.0 Å². The van der Waals surface area contributed by atoms with Crippen molar-refractivity contribution in [3.63, 3.8) is 0 Å². The Morgan fingerprint density at radius 1 is 1.23 bits per heavy atom. The number of nitrogens with zero attached hydrogens (tertiary/aromatic N) is 1. The highest BCUT2D eigenvalue weighted by atomic mass is 32.1. The number of hydrogen-bond acceptors (Lipinski definition) is 5. The molecule has 2 N–H and O–H groups in total. The third-order valence-electron chi connectivity index (χ3n) is 4.39. The lowest BCUT2D eigenvalue weighted by atomic mass is 9.94. The van der Waals surface area contributed by atoms with Gasteiger partial charge in [0.25, 0.3) is 5.91 Å². The standard InChI is InChI=1S/C20H21NO4S/c1-11(2)10-15(23)16-17(19-12(3)8-9-26-19)21(20(25)18(16)24)13-6-4-5-7-14(13)22/h4-9,11,17,22,24H,10H2,1-3H3. The Labute approximate surface area is 156 Å². The van der Waals surface area contributed by atoms with E-state index in [0.717, 1.165) is 10.4 Å². The topological polar surface area (TPSA) is 77.8 Å². The number of rotatable bonds is 5. The average molecular weight is 371 g/mol. The van der Waals surface area contributed by atoms with Gasteiger partial charge in [0.2, 0.25) is 0 Å². The van der Waals surface area contributed by atoms with Crippen LogP contribution in [0, 0.1) is 12.8 Å². The molecule has 1 aromatic carbocycles. The smallest absolute Gasteiger partial charge is 0.294 e. The number of phenolic OH excluding ortho intramolecular Hbond substituents is 1. The molecule has 0 saturated carbocycles. The van der Waals surface area contributed by atoms with Crippen LogP contribution in [0.15, 0.2) is 47.0 Å². The van der Waals surface area contributed by atoms with Gasteiger partial charge in [0.05, 0.1) is 11.3 Å². The Hall–Kier alpha value is -2.60. The van der Waals surface area contributed by atoms with Crippen molar-refractivity contribution in [3.05, 3.63) is 57.5 Å². The SMILES string of the molecule is Cc1ccsc1C1C(C(=O)CC(C)C)=C(O)C(=O)N1c1ccccc1O. The van der Waals surface area contributed by atoms with Crippen molar-refractivity contribution in [1.82, 2.24) is 0 Å². The maximum Gasteiger partial charge on any atom is 0.294 e. The molecule has 26 heavy (non-hydrogen) atoms. The highest BCUT2D eigenvalue weighted by Gasteiger charge is 2.45. The number of anilines is 1. The zero-order chi connectivity index (χ0) is 19.0. The number of ketones is 1. The van der Waals surface area contributed by atoms with Gasteiger partial charge in [-0.05, 0) is 42.0 Å². The molecule has 3 rings (SSSR count). The van der Waals surface area contributed by atoms with Crippen molar-refractivity contribution in [2.24, 2.45) is 5.92 Å². The number of hydrogen-bond donors (Lipinski definition) is 2. The van der Waals surface area contributed by atoms with E-state index in [2.05, 4.69) is 0 Å². The molecule has 0 fully saturated rings. The number of aromatic hydroxyl groups is 1. The summed E-state index contributed by atoms with van der Waals surface area (Å²) >= 11 is 1.42. The number of phenols is 1. The molecule has 1 aliphatic rings. The van der Waals surface area contributed by atoms with Gasteiger partial charge < -0.3 is 10.2 Å². The Balaban J connectivity index is 2.18. The number of carbonyl (C=O) groups is 2. The van der Waals surface area contributed by atoms with Gasteiger partial charge in [0.1, 0.15) is 11.8 Å². The number of aryl methyl sites for hydroxylation is 1. The second kappa shape index (κ2) is 6.96. The number of amides is 1. The summed E-state index contributed by atoms with van der Waals surface area (Å²) in [5.41, 5.74) is 1.31. The van der Waals surface area contributed by atoms with Gasteiger partial charge in [-0.25, -0.2) is 0 Å². The summed E-state index contributed by atoms with van der Waals surface area (Å²) in [4.78, 5) is 27.8. The van der Waals surface area contributed by atoms with Crippen molar-refractivity contribution < 1.29 is 19.8 Å². The molecule has 1 atom stereocenters. The second-order valence-corrected chi connectivity index (χ2v) is 7.77. The molecule has 5 nitrogen and oxygen atoms in total. The Morgan fingerprint density at radius 3 is 2.50 bits per heavy atom. The van der Waals surface area contributed by atoms with Crippen molar-refractivity contribution in [3.8, 4) is 5.75 Å². The molecule has 1 aliphatic heterocycles. The second-order valence-electron chi connectivity index (χ2n) is 6.82. The zero-order valence-corrected chi connectivity index (χ0v) is 15.7. The predicted molar refractivity (Wildman–Crippen MR) is 102 cm³/mol. The zero-order valence-electron chi connectivity index (χ0n) is 14.9. The van der Waals surface area contributed by atoms with Crippen molar-refractivity contribution in [2.45, 2.75) is 33.2 Å². The first kappa shape index (κ1) is 18.2. The molecule has 2 aromatic rings. The minimum absolute atomic E-state index is 0.0783. The van der Waals surface area contributed by atoms with Crippen molar-refractivity contribution in [1.29, 1.82) is 0 Å². The van der Waals surface area contributed by atoms with Gasteiger partial charge in [-0.3, -0.25) is 14.5 Å². The number of aliphatic hydroxyl groups is 1. The van der Waals surface area contributed by atoms with Gasteiger partial charge in [-0.2, -0.15) is 0 Å². The largest absolute Gasteiger partial charge is 0.506 e. The van der Waals surface area contributed by atoms with Crippen LogP contribution in [-0.4, -0.2) is 21.9 Å². The quantitative estimate of drug-likeness (QED) is 0.822. The molecule has 136 valence electrons. The Kier molecular flexibility index (Phi) is 4.87. The van der Waals surface area contributed by atoms with Gasteiger partial charge in [0, 0.05) is 11.3 Å². The maximum atomic E-state index is 12.8. The number of benzene rings is 1. The molecule has 0 saturated heterocycles. The van der Waals surface area contributed by atoms with Crippen LogP contribution < -0.4 is 4.90 Å². The number of aliphatic hydroxyl groups excluding tert-OH is 1. The normalized spacial score (nSPS) is 17.5. The molecule has 6 heteroatoms. The van der Waals surface area contributed by atoms with E-state index in [-0.39, 0.29) is 35.1 Å². The fraction of sp³-hybridized carbons (Fsp3) is 0.300. The summed E-state index contributed by atoms with van der Waals surface area (Å²) in [6.07, 6.45) is 0.238. The summed E-state index contributed by atoms with van der Waals surface area (Å²) in [5.74, 6) is -1.43. The summed E-state index contributed by atoms with van der Waals surface area (Å²) < 4.78 is 0. The highest BCUT2D eigenvalue weighted by molar-refractivity contribution is 7.10. The summed E-state index contributed by atoms with van der Waals surface area (Å²) in [7, 11) is 0. The van der Waals surface area contributed by atoms with E-state index in [9.17, 15) is 19.8 Å². The van der Waals surface area contributed by atoms with Crippen molar-refractivity contribution >= 4 is 28.7 Å². The molecule has 0 radical (unpaired) electrons. The van der Waals surface area contributed by atoms with E-state index in [4.69, 9.17) is 0 Å². The van der Waals surface area contributed by atoms with Gasteiger partial charge >= 0.3 is 0 Å². The van der Waals surface area contributed by atoms with Crippen molar-refractivity contribution in [2.75, 3.05) is 4.90 Å². The maximum absolute atomic E-state index is 12.8. The number of para-hydroxylation sites is 2.